The molecule has 11 atom stereocenters. The van der Waals surface area contributed by atoms with Gasteiger partial charge in [-0.2, -0.15) is 0 Å². The summed E-state index contributed by atoms with van der Waals surface area (Å²) >= 11 is 0. The van der Waals surface area contributed by atoms with Gasteiger partial charge in [0.05, 0.1) is 39.9 Å². The zero-order valence-corrected chi connectivity index (χ0v) is 83.6. The number of carbonyl (C=O) groups is 7. The third kappa shape index (κ3) is 55.8. The van der Waals surface area contributed by atoms with Gasteiger partial charge in [0.2, 0.25) is 0 Å². The highest BCUT2D eigenvalue weighted by molar-refractivity contribution is 5.78. The fourth-order valence-electron chi connectivity index (χ4n) is 15.0. The van der Waals surface area contributed by atoms with Crippen molar-refractivity contribution < 1.29 is 66.7 Å². The maximum atomic E-state index is 12.4. The van der Waals surface area contributed by atoms with Crippen LogP contribution in [-0.4, -0.2) is 41.8 Å². The average Bonchev–Trinajstić information content (AvgIpc) is 1.78. The molecular formula is C129H224O14. The molecule has 143 heavy (non-hydrogen) atoms. The minimum Gasteiger partial charge on any atom is -0.457 e. The lowest BCUT2D eigenvalue weighted by Gasteiger charge is -2.31. The van der Waals surface area contributed by atoms with Gasteiger partial charge in [0.1, 0.15) is 42.7 Å². The summed E-state index contributed by atoms with van der Waals surface area (Å²) in [7, 11) is 0. The summed E-state index contributed by atoms with van der Waals surface area (Å²) in [5, 5.41) is 0. The monoisotopic (exact) mass is 2000 g/mol. The standard InChI is InChI=1S/2C18H26O2.C17H24O2.2C16H24O2.2C15H22O2.14CH4/c1-4-18(2,3)17(19)20-16(15-12-8-9-13-15)14-10-6-5-7-11-14;1-3-14(2)18(19)20-17(15-10-6-4-7-11-15)16-12-8-5-9-13-16;1-3-13(2)17(18)19-16(15-11-7-8-12-15)14-9-5-4-6-10-14;1-6-16(4,5)15(17)18-14(12(2)3)13-10-8-7-9-11-13;1-5-10-14(13-11-8-7-9-12-13)18-15(17)16(3,4)6-2;1-5-12(4)15(16)17-14(11(2)3)13-9-7-6-8-10-13;1-4-9-14(13-10-7-6-8-11-13)17-15(16)12(3)5-2;;;;;;;;;;;;;;/h5-7,10-11,15-16H,4,8-9,12-13H2,1-3H3;4,6-7,10-11,14,16-17H,3,5,8-9,12-13H2,1-2H3;4-6,9-10,13,15-16H,3,7-8,11-12H2,1-2H3;7-12,14H,6H2,1-5H3;7-9,11-12,14H,5-6,10H2,1-4H3;6-12,14H,5H2,1-4H3;6-8,10-12,14H,4-5,9H2,1-3H3;14*1H4. The number of rotatable bonds is 37. The van der Waals surface area contributed by atoms with E-state index >= 15 is 0 Å². The van der Waals surface area contributed by atoms with Gasteiger partial charge in [-0.25, -0.2) is 0 Å². The van der Waals surface area contributed by atoms with E-state index in [1.807, 2.05) is 294 Å². The second-order valence-corrected chi connectivity index (χ2v) is 38.4. The lowest BCUT2D eigenvalue weighted by atomic mass is 9.82. The number of hydrogen-bond donors (Lipinski definition) is 0. The van der Waals surface area contributed by atoms with Gasteiger partial charge in [0.25, 0.3) is 0 Å². The summed E-state index contributed by atoms with van der Waals surface area (Å²) in [5.41, 5.74) is 6.52. The Morgan fingerprint density at radius 1 is 0.245 bits per heavy atom. The van der Waals surface area contributed by atoms with Crippen molar-refractivity contribution in [2.75, 3.05) is 0 Å². The van der Waals surface area contributed by atoms with E-state index in [0.29, 0.717) is 17.8 Å². The quantitative estimate of drug-likeness (QED) is 0.0265. The summed E-state index contributed by atoms with van der Waals surface area (Å²) in [6, 6.07) is 70.5. The molecule has 3 aliphatic carbocycles. The lowest BCUT2D eigenvalue weighted by molar-refractivity contribution is -0.163. The van der Waals surface area contributed by atoms with Gasteiger partial charge in [-0.1, -0.05) is 492 Å². The van der Waals surface area contributed by atoms with E-state index in [9.17, 15) is 33.6 Å². The Hall–Kier alpha value is -9.17. The first kappa shape index (κ1) is 157. The fourth-order valence-corrected chi connectivity index (χ4v) is 15.0. The molecule has 3 fully saturated rings. The molecule has 0 radical (unpaired) electrons. The van der Waals surface area contributed by atoms with Crippen molar-refractivity contribution in [3.63, 3.8) is 0 Å². The van der Waals surface area contributed by atoms with Crippen LogP contribution in [0.5, 0.6) is 0 Å². The van der Waals surface area contributed by atoms with Gasteiger partial charge in [0, 0.05) is 17.8 Å². The van der Waals surface area contributed by atoms with Crippen LogP contribution in [0.3, 0.4) is 0 Å². The van der Waals surface area contributed by atoms with E-state index < -0.39 is 16.2 Å². The van der Waals surface area contributed by atoms with Crippen LogP contribution in [0.2, 0.25) is 0 Å². The molecule has 0 saturated heterocycles. The Labute approximate surface area is 884 Å². The molecule has 3 saturated carbocycles. The second-order valence-electron chi connectivity index (χ2n) is 38.4. The zero-order chi connectivity index (χ0) is 95.5. The van der Waals surface area contributed by atoms with E-state index in [1.165, 1.54) is 83.5 Å². The molecule has 0 spiro atoms. The molecule has 14 heteroatoms. The minimum absolute atomic E-state index is 0. The minimum atomic E-state index is -0.415. The predicted molar refractivity (Wildman–Crippen MR) is 621 cm³/mol. The summed E-state index contributed by atoms with van der Waals surface area (Å²) in [5.74, 6) is 1.37. The average molecular weight is 2000 g/mol. The third-order valence-electron chi connectivity index (χ3n) is 26.1. The predicted octanol–water partition coefficient (Wildman–Crippen LogP) is 40.2. The zero-order valence-electron chi connectivity index (χ0n) is 83.6. The summed E-state index contributed by atoms with van der Waals surface area (Å²) in [6.45, 7) is 46.0. The third-order valence-corrected chi connectivity index (χ3v) is 26.1. The summed E-state index contributed by atoms with van der Waals surface area (Å²) in [4.78, 5) is 84.6. The smallest absolute Gasteiger partial charge is 0.312 e. The molecule has 0 N–H and O–H groups in total. The number of carbonyl (C=O) groups excluding carboxylic acids is 7. The van der Waals surface area contributed by atoms with Gasteiger partial charge < -0.3 is 33.2 Å². The Morgan fingerprint density at radius 2 is 0.441 bits per heavy atom. The highest BCUT2D eigenvalue weighted by Gasteiger charge is 2.38. The molecule has 3 aliphatic rings. The Kier molecular flexibility index (Phi) is 93.0. The van der Waals surface area contributed by atoms with Crippen molar-refractivity contribution in [3.8, 4) is 0 Å². The molecule has 0 aromatic heterocycles. The maximum Gasteiger partial charge on any atom is 0.312 e. The number of hydrogen-bond acceptors (Lipinski definition) is 14. The molecule has 0 heterocycles. The normalized spacial score (nSPS) is 14.5. The van der Waals surface area contributed by atoms with Gasteiger partial charge in [-0.15, -0.1) is 0 Å². The number of ether oxygens (including phenoxy) is 7. The van der Waals surface area contributed by atoms with Gasteiger partial charge in [-0.3, -0.25) is 33.6 Å². The molecule has 11 unspecified atom stereocenters. The molecule has 7 aromatic rings. The topological polar surface area (TPSA) is 184 Å². The van der Waals surface area contributed by atoms with Crippen molar-refractivity contribution in [3.05, 3.63) is 251 Å². The van der Waals surface area contributed by atoms with Gasteiger partial charge in [-0.05, 0) is 189 Å². The molecule has 824 valence electrons. The Morgan fingerprint density at radius 3 is 0.678 bits per heavy atom. The highest BCUT2D eigenvalue weighted by atomic mass is 16.6. The van der Waals surface area contributed by atoms with Crippen molar-refractivity contribution in [2.45, 2.75) is 460 Å². The first-order chi connectivity index (χ1) is 61.6. The molecule has 14 nitrogen and oxygen atoms in total. The van der Waals surface area contributed by atoms with Crippen LogP contribution in [0.25, 0.3) is 0 Å². The first-order valence-corrected chi connectivity index (χ1v) is 49.4. The van der Waals surface area contributed by atoms with Crippen molar-refractivity contribution >= 4 is 41.8 Å². The maximum absolute atomic E-state index is 12.4. The van der Waals surface area contributed by atoms with Gasteiger partial charge >= 0.3 is 41.8 Å². The van der Waals surface area contributed by atoms with Crippen LogP contribution in [0.15, 0.2) is 212 Å². The highest BCUT2D eigenvalue weighted by Crippen LogP contribution is 2.43. The van der Waals surface area contributed by atoms with E-state index in [1.54, 1.807) is 0 Å². The molecule has 7 aromatic carbocycles. The Bertz CT molecular complexity index is 4130. The van der Waals surface area contributed by atoms with E-state index in [4.69, 9.17) is 33.2 Å². The number of esters is 7. The second kappa shape index (κ2) is 85.0. The van der Waals surface area contributed by atoms with E-state index in [-0.39, 0.29) is 224 Å². The molecule has 0 aliphatic heterocycles. The fraction of sp³-hybridized carbons (Fsp3) is 0.620. The van der Waals surface area contributed by atoms with Crippen LogP contribution >= 0.6 is 0 Å². The summed E-state index contributed by atoms with van der Waals surface area (Å²) < 4.78 is 40.3. The van der Waals surface area contributed by atoms with E-state index in [0.717, 1.165) is 110 Å². The first-order valence-electron chi connectivity index (χ1n) is 49.4. The van der Waals surface area contributed by atoms with Crippen LogP contribution in [0.1, 0.15) is 499 Å². The van der Waals surface area contributed by atoms with Crippen LogP contribution < -0.4 is 0 Å². The number of benzene rings is 7. The van der Waals surface area contributed by atoms with Crippen LogP contribution in [-0.2, 0) is 66.7 Å². The largest absolute Gasteiger partial charge is 0.457 e. The van der Waals surface area contributed by atoms with E-state index in [2.05, 4.69) is 77.9 Å². The van der Waals surface area contributed by atoms with Crippen LogP contribution in [0.4, 0.5) is 0 Å². The molecular weight excluding hydrogens is 1770 g/mol. The van der Waals surface area contributed by atoms with Crippen molar-refractivity contribution in [1.29, 1.82) is 0 Å². The van der Waals surface area contributed by atoms with Gasteiger partial charge in [0.15, 0.2) is 0 Å². The Balaban J connectivity index is -0.000000156. The van der Waals surface area contributed by atoms with Crippen molar-refractivity contribution in [2.24, 2.45) is 69.5 Å². The molecule has 10 rings (SSSR count). The summed E-state index contributed by atoms with van der Waals surface area (Å²) in [6.07, 6.45) is 24.6. The molecule has 0 bridgehead atoms. The molecule has 0 amide bonds. The van der Waals surface area contributed by atoms with Crippen molar-refractivity contribution in [1.82, 2.24) is 0 Å². The lowest BCUT2D eigenvalue weighted by Crippen LogP contribution is -2.29. The van der Waals surface area contributed by atoms with Crippen LogP contribution in [0, 0.1) is 69.5 Å². The SMILES string of the molecule is C.C.C.C.C.C.C.C.C.C.C.C.C.C.CCC(C)(C)C(=O)OC(c1ccccc1)C(C)C.CCC(C)(C)C(=O)OC(c1ccccc1)C1CCCC1.CCC(C)C(=O)OC(c1ccccc1)C(C)C.CCC(C)C(=O)OC(c1ccccc1)C1CCCC1.CCC(C)C(=O)OC(c1ccccc1)C1CCCCC1.CCCC(OC(=O)C(C)(C)CC)c1ccccc1.CCCC(OC(=O)C(C)CC)c1ccccc1.